The van der Waals surface area contributed by atoms with Gasteiger partial charge in [-0.3, -0.25) is 4.79 Å². The zero-order valence-electron chi connectivity index (χ0n) is 9.01. The predicted molar refractivity (Wildman–Crippen MR) is 63.9 cm³/mol. The summed E-state index contributed by atoms with van der Waals surface area (Å²) in [4.78, 5) is 11.9. The Morgan fingerprint density at radius 1 is 1.41 bits per heavy atom. The second-order valence-corrected chi connectivity index (χ2v) is 7.01. The Hall–Kier alpha value is -0.630. The van der Waals surface area contributed by atoms with Gasteiger partial charge in [-0.2, -0.15) is 0 Å². The second-order valence-electron chi connectivity index (χ2n) is 3.05. The fraction of sp³-hybridized carbons (Fsp3) is 0.444. The normalized spacial score (nSPS) is 11.4. The van der Waals surface area contributed by atoms with E-state index in [2.05, 4.69) is 0 Å². The van der Waals surface area contributed by atoms with Gasteiger partial charge in [-0.1, -0.05) is 0 Å². The van der Waals surface area contributed by atoms with E-state index in [1.165, 1.54) is 19.2 Å². The van der Waals surface area contributed by atoms with Crippen LogP contribution in [-0.4, -0.2) is 34.7 Å². The van der Waals surface area contributed by atoms with Crippen molar-refractivity contribution in [3.63, 3.8) is 0 Å². The van der Waals surface area contributed by atoms with Crippen LogP contribution in [-0.2, 0) is 29.7 Å². The molecule has 0 spiro atoms. The minimum atomic E-state index is -3.72. The molecule has 0 saturated carbocycles. The Balaban J connectivity index is 2.52. The first-order valence-corrected chi connectivity index (χ1v) is 7.74. The first-order chi connectivity index (χ1) is 7.93. The van der Waals surface area contributed by atoms with E-state index in [-0.39, 0.29) is 17.2 Å². The minimum absolute atomic E-state index is 0.0267. The Morgan fingerprint density at radius 2 is 2.12 bits per heavy atom. The van der Waals surface area contributed by atoms with Gasteiger partial charge >= 0.3 is 5.97 Å². The molecule has 0 bridgehead atoms. The van der Waals surface area contributed by atoms with Crippen LogP contribution in [0.4, 0.5) is 0 Å². The molecule has 8 heteroatoms. The summed E-state index contributed by atoms with van der Waals surface area (Å²) >= 11 is 0.955. The van der Waals surface area contributed by atoms with Crippen LogP contribution in [0.1, 0.15) is 4.88 Å². The second kappa shape index (κ2) is 6.34. The van der Waals surface area contributed by atoms with Crippen LogP contribution in [0.5, 0.6) is 0 Å². The first-order valence-electron chi connectivity index (χ1n) is 4.61. The summed E-state index contributed by atoms with van der Waals surface area (Å²) in [5, 5.41) is 0. The van der Waals surface area contributed by atoms with Gasteiger partial charge in [-0.15, -0.1) is 11.3 Å². The highest BCUT2D eigenvalue weighted by molar-refractivity contribution is 8.15. The monoisotopic (exact) mass is 298 g/mol. The van der Waals surface area contributed by atoms with E-state index in [0.29, 0.717) is 11.5 Å². The lowest BCUT2D eigenvalue weighted by molar-refractivity contribution is -0.144. The van der Waals surface area contributed by atoms with Crippen LogP contribution in [0.2, 0.25) is 0 Å². The van der Waals surface area contributed by atoms with Crippen molar-refractivity contribution < 1.29 is 22.7 Å². The smallest absolute Gasteiger partial charge is 0.311 e. The number of esters is 1. The molecule has 0 aliphatic heterocycles. The maximum Gasteiger partial charge on any atom is 0.311 e. The van der Waals surface area contributed by atoms with Crippen molar-refractivity contribution in [2.24, 2.45) is 0 Å². The topological polar surface area (TPSA) is 69.7 Å². The molecule has 0 aromatic carbocycles. The molecule has 96 valence electrons. The van der Waals surface area contributed by atoms with E-state index in [0.717, 1.165) is 11.3 Å². The van der Waals surface area contributed by atoms with Crippen molar-refractivity contribution in [3.8, 4) is 0 Å². The van der Waals surface area contributed by atoms with Gasteiger partial charge in [0.2, 0.25) is 0 Å². The largest absolute Gasteiger partial charge is 0.463 e. The number of ether oxygens (including phenoxy) is 2. The van der Waals surface area contributed by atoms with Crippen molar-refractivity contribution in [1.29, 1.82) is 0 Å². The highest BCUT2D eigenvalue weighted by Gasteiger charge is 2.15. The molecule has 0 aliphatic carbocycles. The van der Waals surface area contributed by atoms with Crippen LogP contribution in [0, 0.1) is 0 Å². The predicted octanol–water partition coefficient (Wildman–Crippen LogP) is 1.41. The molecule has 0 unspecified atom stereocenters. The van der Waals surface area contributed by atoms with Crippen molar-refractivity contribution >= 4 is 37.0 Å². The fourth-order valence-corrected chi connectivity index (χ4v) is 3.12. The number of methoxy groups -OCH3 is 1. The summed E-state index contributed by atoms with van der Waals surface area (Å²) < 4.78 is 31.6. The van der Waals surface area contributed by atoms with Crippen molar-refractivity contribution in [2.75, 3.05) is 20.3 Å². The molecule has 1 rings (SSSR count). The number of thiophene rings is 1. The van der Waals surface area contributed by atoms with E-state index in [4.69, 9.17) is 20.2 Å². The average Bonchev–Trinajstić information content (AvgIpc) is 2.66. The third-order valence-corrected chi connectivity index (χ3v) is 4.92. The van der Waals surface area contributed by atoms with Crippen LogP contribution in [0.3, 0.4) is 0 Å². The Bertz CT molecular complexity index is 479. The van der Waals surface area contributed by atoms with E-state index >= 15 is 0 Å². The van der Waals surface area contributed by atoms with Gasteiger partial charge in [0, 0.05) is 22.7 Å². The number of hydrogen-bond donors (Lipinski definition) is 0. The van der Waals surface area contributed by atoms with E-state index < -0.39 is 15.0 Å². The zero-order valence-corrected chi connectivity index (χ0v) is 11.4. The lowest BCUT2D eigenvalue weighted by atomic mass is 10.3. The molecule has 0 N–H and O–H groups in total. The molecular weight excluding hydrogens is 288 g/mol. The summed E-state index contributed by atoms with van der Waals surface area (Å²) in [6.45, 7) is 0.513. The minimum Gasteiger partial charge on any atom is -0.463 e. The van der Waals surface area contributed by atoms with Crippen molar-refractivity contribution in [1.82, 2.24) is 0 Å². The fourth-order valence-electron chi connectivity index (χ4n) is 1.02. The molecule has 0 atom stereocenters. The molecule has 0 saturated heterocycles. The molecule has 0 amide bonds. The van der Waals surface area contributed by atoms with Gasteiger partial charge in [0.1, 0.15) is 10.8 Å². The summed E-state index contributed by atoms with van der Waals surface area (Å²) in [5.41, 5.74) is 0. The van der Waals surface area contributed by atoms with Crippen LogP contribution in [0.15, 0.2) is 16.3 Å². The molecule has 0 fully saturated rings. The molecular formula is C9H11ClO5S2. The Labute approximate surface area is 108 Å². The highest BCUT2D eigenvalue weighted by atomic mass is 35.7. The maximum atomic E-state index is 11.3. The number of hydrogen-bond acceptors (Lipinski definition) is 6. The summed E-state index contributed by atoms with van der Waals surface area (Å²) in [6, 6.07) is 2.91. The zero-order chi connectivity index (χ0) is 12.9. The number of carbonyl (C=O) groups is 1. The van der Waals surface area contributed by atoms with Crippen molar-refractivity contribution in [3.05, 3.63) is 17.0 Å². The lowest BCUT2D eigenvalue weighted by Crippen LogP contribution is -2.11. The van der Waals surface area contributed by atoms with Gasteiger partial charge in [0.15, 0.2) is 0 Å². The quantitative estimate of drug-likeness (QED) is 0.451. The SMILES string of the molecule is COCCOC(=O)Cc1ccc(S(=O)(=O)Cl)s1. The van der Waals surface area contributed by atoms with Gasteiger partial charge in [-0.05, 0) is 12.1 Å². The summed E-state index contributed by atoms with van der Waals surface area (Å²) in [7, 11) is 2.95. The molecule has 17 heavy (non-hydrogen) atoms. The third-order valence-electron chi connectivity index (χ3n) is 1.75. The maximum absolute atomic E-state index is 11.3. The molecule has 0 aliphatic rings. The van der Waals surface area contributed by atoms with Gasteiger partial charge in [0.25, 0.3) is 9.05 Å². The van der Waals surface area contributed by atoms with Gasteiger partial charge < -0.3 is 9.47 Å². The Morgan fingerprint density at radius 3 is 2.65 bits per heavy atom. The van der Waals surface area contributed by atoms with Crippen molar-refractivity contribution in [2.45, 2.75) is 10.6 Å². The standard InChI is InChI=1S/C9H11ClO5S2/c1-14-4-5-15-8(11)6-7-2-3-9(16-7)17(10,12)13/h2-3H,4-6H2,1H3. The number of halogens is 1. The first kappa shape index (κ1) is 14.4. The summed E-state index contributed by atoms with van der Waals surface area (Å²) in [6.07, 6.45) is 0.0286. The van der Waals surface area contributed by atoms with E-state index in [1.807, 2.05) is 0 Å². The van der Waals surface area contributed by atoms with E-state index in [1.54, 1.807) is 0 Å². The van der Waals surface area contributed by atoms with Gasteiger partial charge in [0.05, 0.1) is 13.0 Å². The molecule has 1 heterocycles. The Kier molecular flexibility index (Phi) is 5.38. The molecule has 1 aromatic heterocycles. The molecule has 1 aromatic rings. The molecule has 5 nitrogen and oxygen atoms in total. The lowest BCUT2D eigenvalue weighted by Gasteiger charge is -2.02. The third kappa shape index (κ3) is 5.03. The number of carbonyl (C=O) groups excluding carboxylic acids is 1. The van der Waals surface area contributed by atoms with Crippen LogP contribution >= 0.6 is 22.0 Å². The molecule has 0 radical (unpaired) electrons. The average molecular weight is 299 g/mol. The van der Waals surface area contributed by atoms with E-state index in [9.17, 15) is 13.2 Å². The van der Waals surface area contributed by atoms with Crippen LogP contribution < -0.4 is 0 Å². The number of rotatable bonds is 6. The summed E-state index contributed by atoms with van der Waals surface area (Å²) in [5.74, 6) is -0.428. The van der Waals surface area contributed by atoms with Gasteiger partial charge in [-0.25, -0.2) is 8.42 Å². The highest BCUT2D eigenvalue weighted by Crippen LogP contribution is 2.25. The van der Waals surface area contributed by atoms with Crippen LogP contribution in [0.25, 0.3) is 0 Å².